The van der Waals surface area contributed by atoms with Crippen molar-refractivity contribution in [3.8, 4) is 11.3 Å². The number of urea groups is 1. The molecule has 0 atom stereocenters. The first-order chi connectivity index (χ1) is 17.4. The van der Waals surface area contributed by atoms with E-state index in [0.717, 1.165) is 12.0 Å². The summed E-state index contributed by atoms with van der Waals surface area (Å²) >= 11 is 0. The molecule has 3 aromatic rings. The smallest absolute Gasteiger partial charge is 0.352 e. The van der Waals surface area contributed by atoms with Gasteiger partial charge in [0.15, 0.2) is 5.82 Å². The highest BCUT2D eigenvalue weighted by Gasteiger charge is 2.37. The summed E-state index contributed by atoms with van der Waals surface area (Å²) in [6.45, 7) is 3.19. The third-order valence-corrected chi connectivity index (χ3v) is 6.04. The highest BCUT2D eigenvalue weighted by Crippen LogP contribution is 2.37. The highest BCUT2D eigenvalue weighted by molar-refractivity contribution is 5.89. The van der Waals surface area contributed by atoms with E-state index >= 15 is 0 Å². The molecule has 0 radical (unpaired) electrons. The van der Waals surface area contributed by atoms with Crippen molar-refractivity contribution in [1.82, 2.24) is 15.1 Å². The Morgan fingerprint density at radius 2 is 1.43 bits per heavy atom. The van der Waals surface area contributed by atoms with Crippen LogP contribution in [0.2, 0.25) is 0 Å². The molecule has 0 unspecified atom stereocenters. The van der Waals surface area contributed by atoms with Crippen molar-refractivity contribution in [2.24, 2.45) is 0 Å². The van der Waals surface area contributed by atoms with E-state index in [2.05, 4.69) is 22.4 Å². The first-order valence-corrected chi connectivity index (χ1v) is 11.5. The summed E-state index contributed by atoms with van der Waals surface area (Å²) in [6, 6.07) is 11.8. The van der Waals surface area contributed by atoms with Gasteiger partial charge in [-0.2, -0.15) is 26.3 Å². The maximum atomic E-state index is 13.1. The van der Waals surface area contributed by atoms with Crippen LogP contribution < -0.4 is 10.2 Å². The Hall–Kier alpha value is -3.83. The van der Waals surface area contributed by atoms with Crippen molar-refractivity contribution in [3.63, 3.8) is 0 Å². The summed E-state index contributed by atoms with van der Waals surface area (Å²) in [5.74, 6) is 0.599. The van der Waals surface area contributed by atoms with Crippen LogP contribution in [0.5, 0.6) is 0 Å². The summed E-state index contributed by atoms with van der Waals surface area (Å²) in [4.78, 5) is 15.8. The molecular weight excluding hydrogens is 500 g/mol. The van der Waals surface area contributed by atoms with Gasteiger partial charge in [0.25, 0.3) is 0 Å². The van der Waals surface area contributed by atoms with E-state index in [9.17, 15) is 31.1 Å². The molecule has 0 bridgehead atoms. The molecule has 1 N–H and O–H groups in total. The van der Waals surface area contributed by atoms with E-state index in [4.69, 9.17) is 0 Å². The molecule has 0 saturated carbocycles. The number of nitrogens with one attached hydrogen (secondary N) is 1. The number of nitrogens with zero attached hydrogens (tertiary/aromatic N) is 4. The van der Waals surface area contributed by atoms with Crippen LogP contribution in [0, 0.1) is 0 Å². The zero-order chi connectivity index (χ0) is 26.8. The third kappa shape index (κ3) is 6.30. The summed E-state index contributed by atoms with van der Waals surface area (Å²) in [7, 11) is 0. The number of amides is 2. The predicted octanol–water partition coefficient (Wildman–Crippen LogP) is 6.10. The van der Waals surface area contributed by atoms with Gasteiger partial charge in [0.1, 0.15) is 0 Å². The van der Waals surface area contributed by atoms with E-state index in [0.29, 0.717) is 36.7 Å². The predicted molar refractivity (Wildman–Crippen MR) is 126 cm³/mol. The standard InChI is InChI=1S/C25H23F6N5O/c1-2-16-3-5-17(6-4-16)21-7-8-22(34-33-21)35-9-11-36(12-10-35)23(37)32-20-14-18(24(26,27)28)13-19(15-20)25(29,30)31/h3-8,13-15H,2,9-12H2,1H3,(H,32,37). The molecule has 2 aromatic carbocycles. The summed E-state index contributed by atoms with van der Waals surface area (Å²) in [5.41, 5.74) is -0.714. The number of anilines is 2. The number of halogens is 6. The van der Waals surface area contributed by atoms with Crippen LogP contribution in [-0.4, -0.2) is 47.3 Å². The van der Waals surface area contributed by atoms with Gasteiger partial charge in [-0.1, -0.05) is 31.2 Å². The SMILES string of the molecule is CCc1ccc(-c2ccc(N3CCN(C(=O)Nc4cc(C(F)(F)F)cc(C(F)(F)F)c4)CC3)nn2)cc1. The normalized spacial score (nSPS) is 14.6. The maximum Gasteiger partial charge on any atom is 0.416 e. The minimum atomic E-state index is -5.00. The number of aromatic nitrogens is 2. The Kier molecular flexibility index (Phi) is 7.28. The van der Waals surface area contributed by atoms with Gasteiger partial charge in [-0.3, -0.25) is 0 Å². The van der Waals surface area contributed by atoms with Gasteiger partial charge < -0.3 is 15.1 Å². The molecule has 1 aliphatic rings. The fourth-order valence-electron chi connectivity index (χ4n) is 3.93. The molecule has 0 spiro atoms. The van der Waals surface area contributed by atoms with Gasteiger partial charge >= 0.3 is 18.4 Å². The molecule has 1 aliphatic heterocycles. The van der Waals surface area contributed by atoms with Crippen LogP contribution in [0.25, 0.3) is 11.3 Å². The molecule has 4 rings (SSSR count). The number of carbonyl (C=O) groups excluding carboxylic acids is 1. The van der Waals surface area contributed by atoms with E-state index in [-0.39, 0.29) is 19.2 Å². The number of hydrogen-bond acceptors (Lipinski definition) is 4. The van der Waals surface area contributed by atoms with Crippen LogP contribution in [-0.2, 0) is 18.8 Å². The lowest BCUT2D eigenvalue weighted by molar-refractivity contribution is -0.143. The van der Waals surface area contributed by atoms with Gasteiger partial charge in [-0.15, -0.1) is 10.2 Å². The van der Waals surface area contributed by atoms with Crippen LogP contribution >= 0.6 is 0 Å². The lowest BCUT2D eigenvalue weighted by Crippen LogP contribution is -2.50. The molecule has 2 heterocycles. The number of hydrogen-bond donors (Lipinski definition) is 1. The molecule has 196 valence electrons. The van der Waals surface area contributed by atoms with Crippen LogP contribution in [0.1, 0.15) is 23.6 Å². The number of rotatable bonds is 4. The van der Waals surface area contributed by atoms with Crippen LogP contribution in [0.3, 0.4) is 0 Å². The fourth-order valence-corrected chi connectivity index (χ4v) is 3.93. The summed E-state index contributed by atoms with van der Waals surface area (Å²) < 4.78 is 78.5. The van der Waals surface area contributed by atoms with Crippen molar-refractivity contribution in [2.75, 3.05) is 36.4 Å². The van der Waals surface area contributed by atoms with Crippen molar-refractivity contribution in [1.29, 1.82) is 0 Å². The first-order valence-electron chi connectivity index (χ1n) is 11.5. The van der Waals surface area contributed by atoms with Gasteiger partial charge in [-0.25, -0.2) is 4.79 Å². The first kappa shape index (κ1) is 26.2. The molecule has 0 aliphatic carbocycles. The Morgan fingerprint density at radius 3 is 1.92 bits per heavy atom. The van der Waals surface area contributed by atoms with Gasteiger partial charge in [-0.05, 0) is 42.3 Å². The molecule has 6 nitrogen and oxygen atoms in total. The lowest BCUT2D eigenvalue weighted by Gasteiger charge is -2.35. The molecule has 37 heavy (non-hydrogen) atoms. The minimum absolute atomic E-state index is 0.0148. The quantitative estimate of drug-likeness (QED) is 0.420. The number of alkyl halides is 6. The number of carbonyl (C=O) groups is 1. The average Bonchev–Trinajstić information content (AvgIpc) is 2.88. The van der Waals surface area contributed by atoms with E-state index in [1.54, 1.807) is 0 Å². The molecule has 1 aromatic heterocycles. The van der Waals surface area contributed by atoms with E-state index in [1.165, 1.54) is 10.5 Å². The van der Waals surface area contributed by atoms with Gasteiger partial charge in [0, 0.05) is 37.4 Å². The van der Waals surface area contributed by atoms with E-state index in [1.807, 2.05) is 41.3 Å². The zero-order valence-corrected chi connectivity index (χ0v) is 19.7. The third-order valence-electron chi connectivity index (χ3n) is 6.04. The molecule has 12 heteroatoms. The Bertz CT molecular complexity index is 1200. The molecule has 2 amide bonds. The van der Waals surface area contributed by atoms with E-state index < -0.39 is 35.2 Å². The molecule has 1 fully saturated rings. The van der Waals surface area contributed by atoms with Crippen molar-refractivity contribution in [2.45, 2.75) is 25.7 Å². The lowest BCUT2D eigenvalue weighted by atomic mass is 10.1. The van der Waals surface area contributed by atoms with Crippen molar-refractivity contribution in [3.05, 3.63) is 71.3 Å². The highest BCUT2D eigenvalue weighted by atomic mass is 19.4. The van der Waals surface area contributed by atoms with Crippen molar-refractivity contribution < 1.29 is 31.1 Å². The second-order valence-corrected chi connectivity index (χ2v) is 8.53. The fraction of sp³-hybridized carbons (Fsp3) is 0.320. The molecule has 1 saturated heterocycles. The minimum Gasteiger partial charge on any atom is -0.352 e. The Balaban J connectivity index is 1.38. The maximum absolute atomic E-state index is 13.1. The van der Waals surface area contributed by atoms with Gasteiger partial charge in [0.2, 0.25) is 0 Å². The average molecular weight is 523 g/mol. The second kappa shape index (κ2) is 10.3. The zero-order valence-electron chi connectivity index (χ0n) is 19.7. The van der Waals surface area contributed by atoms with Crippen LogP contribution in [0.4, 0.5) is 42.6 Å². The Morgan fingerprint density at radius 1 is 0.838 bits per heavy atom. The Labute approximate surface area is 208 Å². The topological polar surface area (TPSA) is 61.4 Å². The van der Waals surface area contributed by atoms with Gasteiger partial charge in [0.05, 0.1) is 16.8 Å². The summed E-state index contributed by atoms with van der Waals surface area (Å²) in [5, 5.41) is 10.7. The largest absolute Gasteiger partial charge is 0.416 e. The number of aryl methyl sites for hydroxylation is 1. The van der Waals surface area contributed by atoms with Crippen molar-refractivity contribution >= 4 is 17.5 Å². The second-order valence-electron chi connectivity index (χ2n) is 8.53. The number of benzene rings is 2. The molecular formula is C25H23F6N5O. The number of piperazine rings is 1. The van der Waals surface area contributed by atoms with Crippen LogP contribution in [0.15, 0.2) is 54.6 Å². The monoisotopic (exact) mass is 523 g/mol. The summed E-state index contributed by atoms with van der Waals surface area (Å²) in [6.07, 6.45) is -9.06.